The number of hydrogen-bond donors (Lipinski definition) is 0. The summed E-state index contributed by atoms with van der Waals surface area (Å²) in [5, 5.41) is 0. The average Bonchev–Trinajstić information content (AvgIpc) is 2.54. The van der Waals surface area contributed by atoms with Crippen molar-refractivity contribution in [1.29, 1.82) is 0 Å². The van der Waals surface area contributed by atoms with Crippen LogP contribution >= 0.6 is 0 Å². The molecule has 0 heterocycles. The van der Waals surface area contributed by atoms with E-state index in [1.165, 1.54) is 38.5 Å². The summed E-state index contributed by atoms with van der Waals surface area (Å²) in [4.78, 5) is 8.00. The van der Waals surface area contributed by atoms with Crippen LogP contribution in [0.25, 0.3) is 0 Å². The molecule has 0 fully saturated rings. The highest BCUT2D eigenvalue weighted by molar-refractivity contribution is 5.10. The zero-order valence-corrected chi connectivity index (χ0v) is 18.1. The van der Waals surface area contributed by atoms with Gasteiger partial charge in [-0.05, 0) is 24.2 Å². The molecule has 0 radical (unpaired) electrons. The van der Waals surface area contributed by atoms with E-state index in [0.29, 0.717) is 0 Å². The van der Waals surface area contributed by atoms with Crippen molar-refractivity contribution in [1.82, 2.24) is 0 Å². The van der Waals surface area contributed by atoms with Gasteiger partial charge in [-0.1, -0.05) is 108 Å². The first-order chi connectivity index (χ1) is 10.5. The van der Waals surface area contributed by atoms with Gasteiger partial charge in [0.15, 0.2) is 0 Å². The molecule has 22 heavy (non-hydrogen) atoms. The Morgan fingerprint density at radius 3 is 1.09 bits per heavy atom. The second-order valence-electron chi connectivity index (χ2n) is 5.74. The van der Waals surface area contributed by atoms with E-state index in [0.717, 1.165) is 17.8 Å². The Morgan fingerprint density at radius 2 is 0.955 bits per heavy atom. The van der Waals surface area contributed by atoms with Crippen molar-refractivity contribution in [2.45, 2.75) is 115 Å². The lowest BCUT2D eigenvalue weighted by molar-refractivity contribution is -0.0979. The minimum Gasteiger partial charge on any atom is -0.307 e. The third kappa shape index (κ3) is 36.7. The van der Waals surface area contributed by atoms with Crippen LogP contribution in [0.3, 0.4) is 0 Å². The molecule has 0 aliphatic heterocycles. The largest absolute Gasteiger partial charge is 0.307 e. The lowest BCUT2D eigenvalue weighted by Crippen LogP contribution is -2.12. The molecular formula is C21H50O. The van der Waals surface area contributed by atoms with E-state index in [4.69, 9.17) is 4.79 Å². The van der Waals surface area contributed by atoms with Gasteiger partial charge >= 0.3 is 0 Å². The smallest absolute Gasteiger partial charge is 0.106 e. The summed E-state index contributed by atoms with van der Waals surface area (Å²) in [5.41, 5.74) is 0. The van der Waals surface area contributed by atoms with Crippen molar-refractivity contribution < 1.29 is 4.79 Å². The van der Waals surface area contributed by atoms with Crippen molar-refractivity contribution in [2.24, 2.45) is 17.8 Å². The highest BCUT2D eigenvalue weighted by atomic mass is 16.1. The fourth-order valence-corrected chi connectivity index (χ4v) is 1.96. The van der Waals surface area contributed by atoms with E-state index in [1.54, 1.807) is 0 Å². The van der Waals surface area contributed by atoms with Gasteiger partial charge in [0.1, 0.15) is 6.79 Å². The molecule has 140 valence electrons. The van der Waals surface area contributed by atoms with Crippen LogP contribution in [-0.2, 0) is 4.79 Å². The predicted molar refractivity (Wildman–Crippen MR) is 108 cm³/mol. The van der Waals surface area contributed by atoms with Crippen LogP contribution < -0.4 is 0 Å². The van der Waals surface area contributed by atoms with Gasteiger partial charge in [0.05, 0.1) is 0 Å². The topological polar surface area (TPSA) is 17.1 Å². The van der Waals surface area contributed by atoms with Gasteiger partial charge < -0.3 is 4.79 Å². The number of carbonyl (C=O) groups is 1. The first kappa shape index (κ1) is 33.3. The molecule has 0 aliphatic rings. The molecule has 0 saturated carbocycles. The normalized spacial score (nSPS) is 9.86. The molecule has 0 amide bonds. The van der Waals surface area contributed by atoms with Crippen LogP contribution in [0.1, 0.15) is 115 Å². The van der Waals surface area contributed by atoms with Crippen LogP contribution in [0.15, 0.2) is 0 Å². The Bertz CT molecular complexity index is 126. The molecule has 1 unspecified atom stereocenters. The van der Waals surface area contributed by atoms with Gasteiger partial charge in [-0.3, -0.25) is 0 Å². The minimum atomic E-state index is 0.871. The molecule has 0 aromatic rings. The van der Waals surface area contributed by atoms with Crippen molar-refractivity contribution in [3.63, 3.8) is 0 Å². The van der Waals surface area contributed by atoms with Gasteiger partial charge in [-0.2, -0.15) is 0 Å². The SMILES string of the molecule is C=O.CC.CCC.CCC.CCC(CC)CC(CC)C(C)C. The zero-order chi connectivity index (χ0) is 19.0. The molecule has 0 spiro atoms. The zero-order valence-electron chi connectivity index (χ0n) is 18.1. The molecular weight excluding hydrogens is 268 g/mol. The summed E-state index contributed by atoms with van der Waals surface area (Å²) in [6.45, 7) is 26.2. The Balaban J connectivity index is -0.0000000799. The Morgan fingerprint density at radius 1 is 0.682 bits per heavy atom. The van der Waals surface area contributed by atoms with E-state index >= 15 is 0 Å². The maximum absolute atomic E-state index is 8.00. The fraction of sp³-hybridized carbons (Fsp3) is 0.952. The molecule has 1 atom stereocenters. The summed E-state index contributed by atoms with van der Waals surface area (Å²) < 4.78 is 0. The second-order valence-corrected chi connectivity index (χ2v) is 5.74. The molecule has 0 aromatic carbocycles. The van der Waals surface area contributed by atoms with Crippen LogP contribution in [0, 0.1) is 17.8 Å². The van der Waals surface area contributed by atoms with Gasteiger partial charge in [0, 0.05) is 0 Å². The molecule has 0 saturated heterocycles. The van der Waals surface area contributed by atoms with Crippen LogP contribution in [0.5, 0.6) is 0 Å². The second kappa shape index (κ2) is 37.2. The summed E-state index contributed by atoms with van der Waals surface area (Å²) >= 11 is 0. The van der Waals surface area contributed by atoms with E-state index in [2.05, 4.69) is 62.3 Å². The van der Waals surface area contributed by atoms with E-state index in [1.807, 2.05) is 20.6 Å². The monoisotopic (exact) mass is 318 g/mol. The summed E-state index contributed by atoms with van der Waals surface area (Å²) in [6.07, 6.45) is 8.02. The fourth-order valence-electron chi connectivity index (χ4n) is 1.96. The number of rotatable bonds is 6. The lowest BCUT2D eigenvalue weighted by atomic mass is 9.83. The maximum atomic E-state index is 8.00. The van der Waals surface area contributed by atoms with E-state index in [9.17, 15) is 0 Å². The lowest BCUT2D eigenvalue weighted by Gasteiger charge is -2.23. The van der Waals surface area contributed by atoms with Crippen molar-refractivity contribution >= 4 is 6.79 Å². The molecule has 0 aliphatic carbocycles. The van der Waals surface area contributed by atoms with Crippen molar-refractivity contribution in [2.75, 3.05) is 0 Å². The van der Waals surface area contributed by atoms with Gasteiger partial charge in [-0.25, -0.2) is 0 Å². The first-order valence-electron chi connectivity index (χ1n) is 9.77. The number of carbonyl (C=O) groups excluding carboxylic acids is 1. The third-order valence-electron chi connectivity index (χ3n) is 3.26. The average molecular weight is 319 g/mol. The highest BCUT2D eigenvalue weighted by Gasteiger charge is 2.15. The highest BCUT2D eigenvalue weighted by Crippen LogP contribution is 2.26. The van der Waals surface area contributed by atoms with Gasteiger partial charge in [0.2, 0.25) is 0 Å². The van der Waals surface area contributed by atoms with Crippen LogP contribution in [-0.4, -0.2) is 6.79 Å². The van der Waals surface area contributed by atoms with Gasteiger partial charge in [0.25, 0.3) is 0 Å². The maximum Gasteiger partial charge on any atom is 0.106 e. The summed E-state index contributed by atoms with van der Waals surface area (Å²) in [5.74, 6) is 2.79. The number of hydrogen-bond acceptors (Lipinski definition) is 1. The van der Waals surface area contributed by atoms with E-state index < -0.39 is 0 Å². The Hall–Kier alpha value is -0.330. The van der Waals surface area contributed by atoms with Crippen molar-refractivity contribution in [3.05, 3.63) is 0 Å². The standard InChI is InChI=1S/C12H26.2C3H8.C2H6.CH2O/c1-6-11(7-2)9-12(8-3)10(4)5;2*1-3-2;2*1-2/h10-12H,6-9H2,1-5H3;2*3H2,1-2H3;1-2H3;1H2. The summed E-state index contributed by atoms with van der Waals surface area (Å²) in [6, 6.07) is 0. The molecule has 1 nitrogen and oxygen atoms in total. The third-order valence-corrected chi connectivity index (χ3v) is 3.26. The molecule has 0 N–H and O–H groups in total. The first-order valence-corrected chi connectivity index (χ1v) is 9.77. The molecule has 0 bridgehead atoms. The van der Waals surface area contributed by atoms with Crippen LogP contribution in [0.2, 0.25) is 0 Å². The summed E-state index contributed by atoms with van der Waals surface area (Å²) in [7, 11) is 0. The molecule has 1 heteroatoms. The Kier molecular flexibility index (Phi) is 56.3. The quantitative estimate of drug-likeness (QED) is 0.482. The Labute approximate surface area is 144 Å². The molecule has 0 aromatic heterocycles. The van der Waals surface area contributed by atoms with Gasteiger partial charge in [-0.15, -0.1) is 0 Å². The van der Waals surface area contributed by atoms with E-state index in [-0.39, 0.29) is 0 Å². The molecule has 0 rings (SSSR count). The van der Waals surface area contributed by atoms with Crippen LogP contribution in [0.4, 0.5) is 0 Å². The predicted octanol–water partition coefficient (Wildman–Crippen LogP) is 8.17. The minimum absolute atomic E-state index is 0.871. The van der Waals surface area contributed by atoms with Crippen molar-refractivity contribution in [3.8, 4) is 0 Å².